The minimum Gasteiger partial charge on any atom is -0.469 e. The average molecular weight is 383 g/mol. The first-order valence-electron chi connectivity index (χ1n) is 10.7. The summed E-state index contributed by atoms with van der Waals surface area (Å²) in [5.41, 5.74) is 2.23. The molecule has 1 aliphatic carbocycles. The summed E-state index contributed by atoms with van der Waals surface area (Å²) >= 11 is 0. The Balaban J connectivity index is 1.79. The van der Waals surface area contributed by atoms with Crippen molar-refractivity contribution in [3.63, 3.8) is 0 Å². The standard InChI is InChI=1S/C23H30N2O3/c1-4-22-10-7-12-24-13-11-23(21(22)24)17-8-5-6-9-18(17)25(15(2)26)19(23)16(14-22)20(27)28-3/h5-6,8-9,16,19,21H,4,7,10-14H2,1-3H3/t16-,19-,21+,22+,23+/m1/s1. The molecule has 0 radical (unpaired) electrons. The van der Waals surface area contributed by atoms with Crippen molar-refractivity contribution in [3.05, 3.63) is 29.8 Å². The molecule has 0 N–H and O–H groups in total. The summed E-state index contributed by atoms with van der Waals surface area (Å²) in [4.78, 5) is 30.5. The zero-order valence-corrected chi connectivity index (χ0v) is 17.1. The number of carbonyl (C=O) groups excluding carboxylic acids is 2. The molecule has 5 rings (SSSR count). The van der Waals surface area contributed by atoms with Gasteiger partial charge in [0.15, 0.2) is 0 Å². The molecule has 5 atom stereocenters. The molecule has 28 heavy (non-hydrogen) atoms. The van der Waals surface area contributed by atoms with E-state index in [4.69, 9.17) is 4.74 Å². The predicted molar refractivity (Wildman–Crippen MR) is 107 cm³/mol. The first-order valence-corrected chi connectivity index (χ1v) is 10.7. The van der Waals surface area contributed by atoms with Gasteiger partial charge >= 0.3 is 5.97 Å². The van der Waals surface area contributed by atoms with Crippen LogP contribution in [0.4, 0.5) is 5.69 Å². The number of hydrogen-bond donors (Lipinski definition) is 0. The van der Waals surface area contributed by atoms with Crippen LogP contribution >= 0.6 is 0 Å². The molecule has 0 unspecified atom stereocenters. The van der Waals surface area contributed by atoms with E-state index < -0.39 is 0 Å². The monoisotopic (exact) mass is 382 g/mol. The Bertz CT molecular complexity index is 839. The van der Waals surface area contributed by atoms with E-state index in [0.29, 0.717) is 6.04 Å². The number of methoxy groups -OCH3 is 1. The van der Waals surface area contributed by atoms with Crippen LogP contribution in [0.15, 0.2) is 24.3 Å². The molecular formula is C23H30N2O3. The maximum absolute atomic E-state index is 13.1. The molecule has 3 fully saturated rings. The molecule has 4 aliphatic rings. The van der Waals surface area contributed by atoms with E-state index in [2.05, 4.69) is 30.0 Å². The fourth-order valence-electron chi connectivity index (χ4n) is 7.62. The van der Waals surface area contributed by atoms with Crippen LogP contribution < -0.4 is 4.90 Å². The molecule has 3 aliphatic heterocycles. The van der Waals surface area contributed by atoms with Gasteiger partial charge in [-0.2, -0.15) is 0 Å². The highest BCUT2D eigenvalue weighted by molar-refractivity contribution is 5.97. The molecule has 2 saturated heterocycles. The lowest BCUT2D eigenvalue weighted by molar-refractivity contribution is -0.154. The van der Waals surface area contributed by atoms with Gasteiger partial charge in [0.05, 0.1) is 19.1 Å². The molecule has 1 aromatic carbocycles. The zero-order chi connectivity index (χ0) is 19.7. The van der Waals surface area contributed by atoms with Crippen molar-refractivity contribution in [2.75, 3.05) is 25.1 Å². The van der Waals surface area contributed by atoms with E-state index in [0.717, 1.165) is 44.5 Å². The summed E-state index contributed by atoms with van der Waals surface area (Å²) in [7, 11) is 1.49. The molecule has 1 spiro atoms. The van der Waals surface area contributed by atoms with Crippen LogP contribution in [-0.4, -0.2) is 49.1 Å². The van der Waals surface area contributed by atoms with E-state index in [-0.39, 0.29) is 34.7 Å². The molecule has 3 heterocycles. The van der Waals surface area contributed by atoms with Crippen molar-refractivity contribution in [2.45, 2.75) is 63.5 Å². The van der Waals surface area contributed by atoms with Gasteiger partial charge in [-0.3, -0.25) is 14.5 Å². The Hall–Kier alpha value is -1.88. The maximum atomic E-state index is 13.1. The third-order valence-electron chi connectivity index (χ3n) is 8.39. The van der Waals surface area contributed by atoms with Crippen LogP contribution in [0, 0.1) is 11.3 Å². The number of anilines is 1. The number of nitrogens with zero attached hydrogens (tertiary/aromatic N) is 2. The van der Waals surface area contributed by atoms with Crippen LogP contribution in [0.5, 0.6) is 0 Å². The van der Waals surface area contributed by atoms with Gasteiger partial charge in [-0.05, 0) is 62.2 Å². The minimum absolute atomic E-state index is 0.0292. The highest BCUT2D eigenvalue weighted by Crippen LogP contribution is 2.66. The number of amides is 1. The smallest absolute Gasteiger partial charge is 0.310 e. The predicted octanol–water partition coefficient (Wildman–Crippen LogP) is 3.12. The Kier molecular flexibility index (Phi) is 3.93. The van der Waals surface area contributed by atoms with Gasteiger partial charge in [0, 0.05) is 24.1 Å². The van der Waals surface area contributed by atoms with Gasteiger partial charge < -0.3 is 9.64 Å². The first-order chi connectivity index (χ1) is 13.5. The van der Waals surface area contributed by atoms with E-state index in [1.165, 1.54) is 19.1 Å². The molecule has 5 nitrogen and oxygen atoms in total. The van der Waals surface area contributed by atoms with Crippen LogP contribution in [0.25, 0.3) is 0 Å². The number of carbonyl (C=O) groups is 2. The van der Waals surface area contributed by atoms with E-state index in [1.807, 2.05) is 11.0 Å². The van der Waals surface area contributed by atoms with Crippen molar-refractivity contribution in [3.8, 4) is 0 Å². The summed E-state index contributed by atoms with van der Waals surface area (Å²) in [5, 5.41) is 0. The average Bonchev–Trinajstić information content (AvgIpc) is 3.25. The molecule has 1 saturated carbocycles. The lowest BCUT2D eigenvalue weighted by Gasteiger charge is -2.60. The number of ether oxygens (including phenoxy) is 1. The van der Waals surface area contributed by atoms with Crippen molar-refractivity contribution < 1.29 is 14.3 Å². The van der Waals surface area contributed by atoms with E-state index in [9.17, 15) is 9.59 Å². The third kappa shape index (κ3) is 2.01. The maximum Gasteiger partial charge on any atom is 0.310 e. The second-order valence-corrected chi connectivity index (χ2v) is 9.23. The second-order valence-electron chi connectivity index (χ2n) is 9.23. The quantitative estimate of drug-likeness (QED) is 0.738. The Morgan fingerprint density at radius 1 is 1.21 bits per heavy atom. The summed E-state index contributed by atoms with van der Waals surface area (Å²) in [6.07, 6.45) is 5.25. The molecular weight excluding hydrogens is 352 g/mol. The first kappa shape index (κ1) is 18.2. The lowest BCUT2D eigenvalue weighted by Crippen LogP contribution is -2.69. The van der Waals surface area contributed by atoms with Gasteiger partial charge in [0.25, 0.3) is 0 Å². The number of esters is 1. The summed E-state index contributed by atoms with van der Waals surface area (Å²) in [6.45, 7) is 6.11. The Morgan fingerprint density at radius 3 is 2.71 bits per heavy atom. The second kappa shape index (κ2) is 6.06. The summed E-state index contributed by atoms with van der Waals surface area (Å²) < 4.78 is 5.31. The largest absolute Gasteiger partial charge is 0.469 e. The number of para-hydroxylation sites is 1. The van der Waals surface area contributed by atoms with Gasteiger partial charge in [0.1, 0.15) is 0 Å². The van der Waals surface area contributed by atoms with Crippen LogP contribution in [0.2, 0.25) is 0 Å². The van der Waals surface area contributed by atoms with Crippen LogP contribution in [0.3, 0.4) is 0 Å². The summed E-state index contributed by atoms with van der Waals surface area (Å²) in [6, 6.07) is 8.64. The molecule has 1 amide bonds. The topological polar surface area (TPSA) is 49.9 Å². The SMILES string of the molecule is CC[C@]12CCCN3CC[C@@]4(c5ccccc5N(C(C)=O)[C@@H]4[C@H](C(=O)OC)C1)[C@@H]32. The highest BCUT2D eigenvalue weighted by atomic mass is 16.5. The molecule has 0 aromatic heterocycles. The molecule has 1 aromatic rings. The van der Waals surface area contributed by atoms with Gasteiger partial charge in [-0.25, -0.2) is 0 Å². The zero-order valence-electron chi connectivity index (χ0n) is 17.1. The number of piperidine rings is 1. The van der Waals surface area contributed by atoms with E-state index in [1.54, 1.807) is 6.92 Å². The lowest BCUT2D eigenvalue weighted by atomic mass is 9.49. The van der Waals surface area contributed by atoms with E-state index >= 15 is 0 Å². The molecule has 150 valence electrons. The van der Waals surface area contributed by atoms with Gasteiger partial charge in [0.2, 0.25) is 5.91 Å². The molecule has 0 bridgehead atoms. The van der Waals surface area contributed by atoms with Crippen molar-refractivity contribution in [1.82, 2.24) is 4.90 Å². The van der Waals surface area contributed by atoms with Crippen molar-refractivity contribution in [2.24, 2.45) is 11.3 Å². The fraction of sp³-hybridized carbons (Fsp3) is 0.652. The fourth-order valence-corrected chi connectivity index (χ4v) is 7.62. The summed E-state index contributed by atoms with van der Waals surface area (Å²) in [5.74, 6) is -0.393. The minimum atomic E-state index is -0.268. The Labute approximate surface area is 167 Å². The highest BCUT2D eigenvalue weighted by Gasteiger charge is 2.71. The van der Waals surface area contributed by atoms with Crippen LogP contribution in [-0.2, 0) is 19.7 Å². The number of fused-ring (bicyclic) bond motifs is 1. The number of benzene rings is 1. The third-order valence-corrected chi connectivity index (χ3v) is 8.39. The van der Waals surface area contributed by atoms with Crippen molar-refractivity contribution in [1.29, 1.82) is 0 Å². The van der Waals surface area contributed by atoms with Crippen LogP contribution in [0.1, 0.15) is 51.5 Å². The number of rotatable bonds is 2. The number of hydrogen-bond acceptors (Lipinski definition) is 4. The van der Waals surface area contributed by atoms with Gasteiger partial charge in [-0.15, -0.1) is 0 Å². The van der Waals surface area contributed by atoms with Crippen molar-refractivity contribution >= 4 is 17.6 Å². The van der Waals surface area contributed by atoms with Gasteiger partial charge in [-0.1, -0.05) is 25.1 Å². The Morgan fingerprint density at radius 2 is 2.00 bits per heavy atom. The normalized spacial score (nSPS) is 38.5. The molecule has 5 heteroatoms.